The van der Waals surface area contributed by atoms with Gasteiger partial charge in [0.05, 0.1) is 6.54 Å². The van der Waals surface area contributed by atoms with E-state index in [4.69, 9.17) is 4.99 Å². The molecule has 0 aromatic rings. The van der Waals surface area contributed by atoms with Gasteiger partial charge in [-0.15, -0.1) is 24.0 Å². The molecule has 1 unspecified atom stereocenters. The number of nitrogens with one attached hydrogen (secondary N) is 2. The fraction of sp³-hybridized carbons (Fsp3) is 0.947. The van der Waals surface area contributed by atoms with Gasteiger partial charge in [-0.05, 0) is 38.6 Å². The summed E-state index contributed by atoms with van der Waals surface area (Å²) in [5.74, 6) is 0.964. The molecule has 25 heavy (non-hydrogen) atoms. The number of halogens is 1. The largest absolute Gasteiger partial charge is 0.357 e. The Hall–Kier alpha value is -0.0800. The van der Waals surface area contributed by atoms with Crippen LogP contribution in [0.2, 0.25) is 0 Å². The maximum Gasteiger partial charge on any atom is 0.191 e. The highest BCUT2D eigenvalue weighted by Crippen LogP contribution is 2.21. The molecule has 1 atom stereocenters. The second-order valence-corrected chi connectivity index (χ2v) is 8.18. The number of guanidine groups is 1. The van der Waals surface area contributed by atoms with E-state index in [1.165, 1.54) is 45.6 Å². The number of rotatable bonds is 8. The summed E-state index contributed by atoms with van der Waals surface area (Å²) in [6.45, 7) is 22.3. The molecule has 0 amide bonds. The van der Waals surface area contributed by atoms with E-state index in [2.05, 4.69) is 62.0 Å². The molecule has 2 N–H and O–H groups in total. The van der Waals surface area contributed by atoms with Gasteiger partial charge in [0.1, 0.15) is 0 Å². The molecular weight excluding hydrogens is 425 g/mol. The zero-order valence-corrected chi connectivity index (χ0v) is 19.7. The van der Waals surface area contributed by atoms with Gasteiger partial charge >= 0.3 is 0 Å². The molecule has 0 radical (unpaired) electrons. The van der Waals surface area contributed by atoms with Crippen LogP contribution in [0, 0.1) is 5.41 Å². The third-order valence-electron chi connectivity index (χ3n) is 4.65. The second kappa shape index (κ2) is 13.1. The first kappa shape index (κ1) is 24.9. The normalized spacial score (nSPS) is 18.6. The van der Waals surface area contributed by atoms with Crippen LogP contribution in [-0.2, 0) is 0 Å². The Morgan fingerprint density at radius 2 is 1.68 bits per heavy atom. The van der Waals surface area contributed by atoms with Crippen LogP contribution in [0.5, 0.6) is 0 Å². The van der Waals surface area contributed by atoms with Crippen molar-refractivity contribution < 1.29 is 0 Å². The Balaban J connectivity index is 0.00000576. The summed E-state index contributed by atoms with van der Waals surface area (Å²) in [6.07, 6.45) is 2.40. The molecule has 0 bridgehead atoms. The van der Waals surface area contributed by atoms with Crippen molar-refractivity contribution in [2.75, 3.05) is 52.4 Å². The first-order chi connectivity index (χ1) is 11.3. The molecule has 6 heteroatoms. The van der Waals surface area contributed by atoms with Crippen LogP contribution in [0.3, 0.4) is 0 Å². The Bertz CT molecular complexity index is 359. The summed E-state index contributed by atoms with van der Waals surface area (Å²) in [7, 11) is 0. The number of hydrogen-bond donors (Lipinski definition) is 2. The highest BCUT2D eigenvalue weighted by Gasteiger charge is 2.15. The lowest BCUT2D eigenvalue weighted by molar-refractivity contribution is 0.140. The highest BCUT2D eigenvalue weighted by molar-refractivity contribution is 14.0. The van der Waals surface area contributed by atoms with Crippen LogP contribution in [0.4, 0.5) is 0 Å². The topological polar surface area (TPSA) is 42.9 Å². The van der Waals surface area contributed by atoms with E-state index in [1.54, 1.807) is 0 Å². The maximum atomic E-state index is 4.77. The van der Waals surface area contributed by atoms with Crippen LogP contribution in [0.25, 0.3) is 0 Å². The predicted molar refractivity (Wildman–Crippen MR) is 121 cm³/mol. The Kier molecular flexibility index (Phi) is 13.1. The zero-order valence-electron chi connectivity index (χ0n) is 17.4. The lowest BCUT2D eigenvalue weighted by atomic mass is 9.89. The quantitative estimate of drug-likeness (QED) is 0.327. The summed E-state index contributed by atoms with van der Waals surface area (Å²) in [5, 5.41) is 6.93. The van der Waals surface area contributed by atoms with Gasteiger partial charge < -0.3 is 15.5 Å². The Morgan fingerprint density at radius 3 is 2.20 bits per heavy atom. The summed E-state index contributed by atoms with van der Waals surface area (Å²) in [5.41, 5.74) is 0.395. The van der Waals surface area contributed by atoms with Gasteiger partial charge in [0.25, 0.3) is 0 Å². The highest BCUT2D eigenvalue weighted by atomic mass is 127. The summed E-state index contributed by atoms with van der Waals surface area (Å²) >= 11 is 0. The van der Waals surface area contributed by atoms with Crippen molar-refractivity contribution in [2.24, 2.45) is 10.4 Å². The number of piperazine rings is 1. The molecule has 1 fully saturated rings. The number of nitrogens with zero attached hydrogens (tertiary/aromatic N) is 3. The molecule has 0 saturated carbocycles. The standard InChI is InChI=1S/C19H41N5.HI/c1-7-20-18(22-17(3)9-10-19(4,5)6)21-11-12-24-15-13-23(8-2)14-16-24;/h17H,7-16H2,1-6H3,(H2,20,21,22);1H. The molecule has 1 aliphatic heterocycles. The van der Waals surface area contributed by atoms with E-state index in [0.29, 0.717) is 11.5 Å². The van der Waals surface area contributed by atoms with E-state index in [9.17, 15) is 0 Å². The van der Waals surface area contributed by atoms with Crippen molar-refractivity contribution in [2.45, 2.75) is 60.4 Å². The number of hydrogen-bond acceptors (Lipinski definition) is 3. The lowest BCUT2D eigenvalue weighted by Crippen LogP contribution is -2.47. The smallest absolute Gasteiger partial charge is 0.191 e. The molecular formula is C19H42IN5. The van der Waals surface area contributed by atoms with Crippen molar-refractivity contribution in [3.05, 3.63) is 0 Å². The minimum absolute atomic E-state index is 0. The fourth-order valence-corrected chi connectivity index (χ4v) is 2.91. The minimum atomic E-state index is 0. The van der Waals surface area contributed by atoms with Crippen molar-refractivity contribution >= 4 is 29.9 Å². The van der Waals surface area contributed by atoms with Gasteiger partial charge in [-0.25, -0.2) is 0 Å². The van der Waals surface area contributed by atoms with E-state index in [-0.39, 0.29) is 24.0 Å². The van der Waals surface area contributed by atoms with Gasteiger partial charge in [0, 0.05) is 45.3 Å². The molecule has 1 saturated heterocycles. The fourth-order valence-electron chi connectivity index (χ4n) is 2.91. The van der Waals surface area contributed by atoms with Gasteiger partial charge in [-0.1, -0.05) is 27.7 Å². The van der Waals surface area contributed by atoms with Crippen molar-refractivity contribution in [1.82, 2.24) is 20.4 Å². The Labute approximate surface area is 173 Å². The molecule has 0 aromatic carbocycles. The van der Waals surface area contributed by atoms with Crippen LogP contribution in [0.15, 0.2) is 4.99 Å². The van der Waals surface area contributed by atoms with Crippen LogP contribution in [0.1, 0.15) is 54.4 Å². The molecule has 0 aromatic heterocycles. The lowest BCUT2D eigenvalue weighted by Gasteiger charge is -2.33. The summed E-state index contributed by atoms with van der Waals surface area (Å²) in [6, 6.07) is 0.454. The minimum Gasteiger partial charge on any atom is -0.357 e. The molecule has 0 spiro atoms. The first-order valence-corrected chi connectivity index (χ1v) is 9.83. The van der Waals surface area contributed by atoms with Crippen molar-refractivity contribution in [1.29, 1.82) is 0 Å². The number of aliphatic imine (C=N–C) groups is 1. The van der Waals surface area contributed by atoms with Crippen molar-refractivity contribution in [3.63, 3.8) is 0 Å². The maximum absolute atomic E-state index is 4.77. The second-order valence-electron chi connectivity index (χ2n) is 8.18. The van der Waals surface area contributed by atoms with Crippen LogP contribution in [-0.4, -0.2) is 74.2 Å². The average molecular weight is 467 g/mol. The van der Waals surface area contributed by atoms with Crippen LogP contribution >= 0.6 is 24.0 Å². The molecule has 0 aliphatic carbocycles. The van der Waals surface area contributed by atoms with Gasteiger partial charge in [-0.3, -0.25) is 9.89 Å². The average Bonchev–Trinajstić information content (AvgIpc) is 2.53. The monoisotopic (exact) mass is 467 g/mol. The SMILES string of the molecule is CCNC(=NCCN1CCN(CC)CC1)NC(C)CCC(C)(C)C.I. The van der Waals surface area contributed by atoms with Crippen molar-refractivity contribution in [3.8, 4) is 0 Å². The van der Waals surface area contributed by atoms with E-state index in [1.807, 2.05) is 0 Å². The van der Waals surface area contributed by atoms with Gasteiger partial charge in [0.15, 0.2) is 5.96 Å². The van der Waals surface area contributed by atoms with E-state index >= 15 is 0 Å². The van der Waals surface area contributed by atoms with Crippen LogP contribution < -0.4 is 10.6 Å². The van der Waals surface area contributed by atoms with Gasteiger partial charge in [0.2, 0.25) is 0 Å². The van der Waals surface area contributed by atoms with E-state index < -0.39 is 0 Å². The molecule has 5 nitrogen and oxygen atoms in total. The summed E-state index contributed by atoms with van der Waals surface area (Å²) in [4.78, 5) is 9.82. The molecule has 1 aliphatic rings. The molecule has 150 valence electrons. The molecule has 1 heterocycles. The van der Waals surface area contributed by atoms with Gasteiger partial charge in [-0.2, -0.15) is 0 Å². The third kappa shape index (κ3) is 12.0. The molecule has 1 rings (SSSR count). The number of likely N-dealkylation sites (N-methyl/N-ethyl adjacent to an activating group) is 1. The predicted octanol–water partition coefficient (Wildman–Crippen LogP) is 3.01. The third-order valence-corrected chi connectivity index (χ3v) is 4.65. The Morgan fingerprint density at radius 1 is 1.08 bits per heavy atom. The summed E-state index contributed by atoms with van der Waals surface area (Å²) < 4.78 is 0. The van der Waals surface area contributed by atoms with E-state index in [0.717, 1.165) is 25.6 Å². The first-order valence-electron chi connectivity index (χ1n) is 9.83. The zero-order chi connectivity index (χ0) is 18.0.